The molecule has 2 fully saturated rings. The van der Waals surface area contributed by atoms with Crippen LogP contribution >= 0.6 is 11.6 Å². The van der Waals surface area contributed by atoms with Crippen molar-refractivity contribution in [3.8, 4) is 17.3 Å². The van der Waals surface area contributed by atoms with Gasteiger partial charge >= 0.3 is 0 Å². The Labute approximate surface area is 289 Å². The molecule has 1 amide bonds. The Morgan fingerprint density at radius 1 is 1.12 bits per heavy atom. The van der Waals surface area contributed by atoms with Gasteiger partial charge in [0.25, 0.3) is 0 Å². The van der Waals surface area contributed by atoms with E-state index in [0.29, 0.717) is 34.2 Å². The Kier molecular flexibility index (Phi) is 10.4. The zero-order chi connectivity index (χ0) is 34.5. The predicted octanol–water partition coefficient (Wildman–Crippen LogP) is 4.89. The number of nitrogens with zero attached hydrogens (tertiary/aromatic N) is 6. The van der Waals surface area contributed by atoms with Gasteiger partial charge in [0.1, 0.15) is 18.0 Å². The van der Waals surface area contributed by atoms with Crippen molar-refractivity contribution in [1.82, 2.24) is 19.8 Å². The molecule has 7 N–H and O–H groups in total. The number of nitriles is 1. The first kappa shape index (κ1) is 33.8. The number of rotatable bonds is 8. The van der Waals surface area contributed by atoms with E-state index < -0.39 is 6.04 Å². The van der Waals surface area contributed by atoms with E-state index >= 15 is 0 Å². The van der Waals surface area contributed by atoms with Gasteiger partial charge in [0.05, 0.1) is 35.3 Å². The standard InChI is InChI=1S/C36H38ClFN10O/c37-27-8-11-33(48(42)22-44-41)26(17-27)7-12-34(49)47-21-30(46-15-13-29(40)14-16-46)18-31(24-5-9-28(38)10-6-24)35(47)36-43-20-32(45-36)25-3-1-23(19-39)2-4-25/h1-12,17,20,22,29-31,35H,13-16,18,21,40-42H2,(H,43,45)/b12-7+,44-22-. The Bertz CT molecular complexity index is 1860. The smallest absolute Gasteiger partial charge is 0.247 e. The fourth-order valence-electron chi connectivity index (χ4n) is 6.84. The maximum Gasteiger partial charge on any atom is 0.247 e. The van der Waals surface area contributed by atoms with Crippen molar-refractivity contribution in [1.29, 1.82) is 5.26 Å². The lowest BCUT2D eigenvalue weighted by atomic mass is 9.80. The number of imidazole rings is 1. The van der Waals surface area contributed by atoms with Gasteiger partial charge in [-0.25, -0.2) is 15.2 Å². The summed E-state index contributed by atoms with van der Waals surface area (Å²) in [5.74, 6) is 11.3. The van der Waals surface area contributed by atoms with E-state index in [-0.39, 0.29) is 29.7 Å². The Balaban J connectivity index is 1.41. The van der Waals surface area contributed by atoms with Crippen LogP contribution in [-0.4, -0.2) is 63.7 Å². The number of anilines is 1. The summed E-state index contributed by atoms with van der Waals surface area (Å²) < 4.78 is 14.2. The lowest BCUT2D eigenvalue weighted by molar-refractivity contribution is -0.132. The predicted molar refractivity (Wildman–Crippen MR) is 189 cm³/mol. The third-order valence-corrected chi connectivity index (χ3v) is 9.62. The number of carbonyl (C=O) groups excluding carboxylic acids is 1. The normalized spacial score (nSPS) is 20.6. The zero-order valence-electron chi connectivity index (χ0n) is 26.8. The van der Waals surface area contributed by atoms with E-state index in [1.165, 1.54) is 29.6 Å². The second-order valence-electron chi connectivity index (χ2n) is 12.4. The van der Waals surface area contributed by atoms with Crippen LogP contribution in [0.15, 0.2) is 84.1 Å². The van der Waals surface area contributed by atoms with Gasteiger partial charge in [0, 0.05) is 41.2 Å². The monoisotopic (exact) mass is 680 g/mol. The van der Waals surface area contributed by atoms with Crippen LogP contribution < -0.4 is 22.4 Å². The molecule has 2 aliphatic heterocycles. The second kappa shape index (κ2) is 15.0. The summed E-state index contributed by atoms with van der Waals surface area (Å²) in [6, 6.07) is 20.6. The van der Waals surface area contributed by atoms with E-state index in [9.17, 15) is 14.4 Å². The van der Waals surface area contributed by atoms with Gasteiger partial charge in [-0.15, -0.1) is 0 Å². The summed E-state index contributed by atoms with van der Waals surface area (Å²) in [5, 5.41) is 14.5. The average Bonchev–Trinajstić information content (AvgIpc) is 3.61. The summed E-state index contributed by atoms with van der Waals surface area (Å²) in [6.07, 6.45) is 8.66. The van der Waals surface area contributed by atoms with Crippen molar-refractivity contribution in [2.24, 2.45) is 22.5 Å². The van der Waals surface area contributed by atoms with Gasteiger partial charge in [-0.2, -0.15) is 10.4 Å². The highest BCUT2D eigenvalue weighted by Crippen LogP contribution is 2.44. The first-order chi connectivity index (χ1) is 23.7. The Morgan fingerprint density at radius 2 is 1.86 bits per heavy atom. The fraction of sp³-hybridized carbons (Fsp3) is 0.278. The number of amides is 1. The van der Waals surface area contributed by atoms with E-state index in [0.717, 1.165) is 49.2 Å². The molecular weight excluding hydrogens is 643 g/mol. The average molecular weight is 681 g/mol. The summed E-state index contributed by atoms with van der Waals surface area (Å²) in [7, 11) is 0. The molecule has 1 aromatic heterocycles. The van der Waals surface area contributed by atoms with E-state index in [2.05, 4.69) is 21.1 Å². The number of H-pyrrole nitrogens is 1. The number of aromatic nitrogens is 2. The molecule has 3 unspecified atom stereocenters. The molecule has 0 radical (unpaired) electrons. The molecule has 0 saturated carbocycles. The molecule has 3 heterocycles. The van der Waals surface area contributed by atoms with Crippen LogP contribution in [0.2, 0.25) is 5.02 Å². The number of nitrogens with two attached hydrogens (primary N) is 3. The second-order valence-corrected chi connectivity index (χ2v) is 12.9. The molecule has 0 aliphatic carbocycles. The molecule has 0 bridgehead atoms. The molecule has 2 saturated heterocycles. The highest BCUT2D eigenvalue weighted by Gasteiger charge is 2.43. The van der Waals surface area contributed by atoms with Crippen molar-refractivity contribution < 1.29 is 9.18 Å². The van der Waals surface area contributed by atoms with Crippen molar-refractivity contribution in [3.05, 3.63) is 112 Å². The van der Waals surface area contributed by atoms with Crippen molar-refractivity contribution in [3.63, 3.8) is 0 Å². The number of aromatic amines is 1. The number of piperidine rings is 2. The fourth-order valence-corrected chi connectivity index (χ4v) is 7.02. The van der Waals surface area contributed by atoms with Gasteiger partial charge in [-0.05, 0) is 92.0 Å². The molecule has 3 atom stereocenters. The molecule has 49 heavy (non-hydrogen) atoms. The number of hydrogen-bond donors (Lipinski definition) is 4. The maximum atomic E-state index is 14.4. The van der Waals surface area contributed by atoms with Gasteiger partial charge in [-0.1, -0.05) is 35.9 Å². The molecule has 2 aliphatic rings. The van der Waals surface area contributed by atoms with Crippen LogP contribution in [0.1, 0.15) is 53.7 Å². The van der Waals surface area contributed by atoms with Gasteiger partial charge in [-0.3, -0.25) is 14.7 Å². The van der Waals surface area contributed by atoms with Crippen LogP contribution in [0.3, 0.4) is 0 Å². The van der Waals surface area contributed by atoms with Crippen molar-refractivity contribution >= 4 is 35.6 Å². The molecule has 4 aromatic rings. The third-order valence-electron chi connectivity index (χ3n) is 9.39. The molecule has 13 heteroatoms. The summed E-state index contributed by atoms with van der Waals surface area (Å²) in [6.45, 7) is 2.10. The number of hydrogen-bond acceptors (Lipinski definition) is 8. The molecule has 11 nitrogen and oxygen atoms in total. The van der Waals surface area contributed by atoms with E-state index in [1.807, 2.05) is 17.0 Å². The molecule has 3 aromatic carbocycles. The van der Waals surface area contributed by atoms with Crippen LogP contribution in [0, 0.1) is 17.1 Å². The van der Waals surface area contributed by atoms with Crippen molar-refractivity contribution in [2.45, 2.75) is 43.3 Å². The minimum atomic E-state index is -0.507. The maximum absolute atomic E-state index is 14.4. The molecule has 6 rings (SSSR count). The number of hydrazine groups is 1. The summed E-state index contributed by atoms with van der Waals surface area (Å²) in [5.41, 5.74) is 10.5. The lowest BCUT2D eigenvalue weighted by Crippen LogP contribution is -2.55. The highest BCUT2D eigenvalue weighted by atomic mass is 35.5. The number of nitrogens with one attached hydrogen (secondary N) is 1. The number of benzene rings is 3. The van der Waals surface area contributed by atoms with Gasteiger partial charge < -0.3 is 21.5 Å². The topological polar surface area (TPSA) is 170 Å². The minimum Gasteiger partial charge on any atom is -0.340 e. The van der Waals surface area contributed by atoms with Gasteiger partial charge in [0.2, 0.25) is 5.91 Å². The minimum absolute atomic E-state index is 0.0335. The number of hydrazone groups is 1. The highest BCUT2D eigenvalue weighted by molar-refractivity contribution is 6.30. The molecule has 0 spiro atoms. The van der Waals surface area contributed by atoms with Crippen LogP contribution in [0.4, 0.5) is 10.1 Å². The first-order valence-corrected chi connectivity index (χ1v) is 16.5. The quantitative estimate of drug-likeness (QED) is 0.0671. The number of likely N-dealkylation sites (tertiary alicyclic amines) is 2. The third kappa shape index (κ3) is 7.66. The largest absolute Gasteiger partial charge is 0.340 e. The molecule has 252 valence electrons. The van der Waals surface area contributed by atoms with Crippen LogP contribution in [0.25, 0.3) is 17.3 Å². The van der Waals surface area contributed by atoms with E-state index in [1.54, 1.807) is 54.7 Å². The van der Waals surface area contributed by atoms with Gasteiger partial charge in [0.15, 0.2) is 0 Å². The number of carbonyl (C=O) groups is 1. The summed E-state index contributed by atoms with van der Waals surface area (Å²) in [4.78, 5) is 27.0. The Hall–Kier alpha value is -5.06. The van der Waals surface area contributed by atoms with Crippen LogP contribution in [0.5, 0.6) is 0 Å². The SMILES string of the molecule is N#Cc1ccc(-c2cnc(C3C(c4ccc(F)cc4)CC(N4CCC(N)CC4)CN3C(=O)/C=C/c3cc(Cl)ccc3N(N)/C=N\N)[nH]2)cc1. The first-order valence-electron chi connectivity index (χ1n) is 16.1. The zero-order valence-corrected chi connectivity index (χ0v) is 27.5. The number of halogens is 2. The summed E-state index contributed by atoms with van der Waals surface area (Å²) >= 11 is 6.33. The van der Waals surface area contributed by atoms with Crippen molar-refractivity contribution in [2.75, 3.05) is 24.6 Å². The van der Waals surface area contributed by atoms with E-state index in [4.69, 9.17) is 34.0 Å². The lowest BCUT2D eigenvalue weighted by Gasteiger charge is -2.48. The van der Waals surface area contributed by atoms with Crippen LogP contribution in [-0.2, 0) is 4.79 Å². The Morgan fingerprint density at radius 3 is 2.55 bits per heavy atom. The molecular formula is C36H38ClFN10O.